The van der Waals surface area contributed by atoms with Crippen LogP contribution in [0.25, 0.3) is 0 Å². The van der Waals surface area contributed by atoms with Crippen LogP contribution in [-0.2, 0) is 22.3 Å². The van der Waals surface area contributed by atoms with E-state index in [0.717, 1.165) is 43.4 Å². The molecule has 1 aliphatic rings. The monoisotopic (exact) mass is 310 g/mol. The maximum atomic E-state index is 12.2. The van der Waals surface area contributed by atoms with Crippen molar-refractivity contribution in [2.24, 2.45) is 5.41 Å². The van der Waals surface area contributed by atoms with E-state index in [1.165, 1.54) is 0 Å². The largest absolute Gasteiger partial charge is 0.316 e. The summed E-state index contributed by atoms with van der Waals surface area (Å²) in [5, 5.41) is 3.08. The fourth-order valence-corrected chi connectivity index (χ4v) is 4.04. The standard InChI is InChI=1S/C16H26N2O2S/c1-3-7-16(8-9-16)13-18-21(19,20)12-15-6-4-5-14(10-15)11-17-2/h4-6,10,17-18H,3,7-9,11-13H2,1-2H3. The molecular weight excluding hydrogens is 284 g/mol. The van der Waals surface area contributed by atoms with Crippen LogP contribution in [0.1, 0.15) is 43.7 Å². The molecular formula is C16H26N2O2S. The van der Waals surface area contributed by atoms with Crippen LogP contribution in [0.2, 0.25) is 0 Å². The van der Waals surface area contributed by atoms with Crippen LogP contribution in [0.5, 0.6) is 0 Å². The molecule has 0 bridgehead atoms. The van der Waals surface area contributed by atoms with Crippen LogP contribution < -0.4 is 10.0 Å². The highest BCUT2D eigenvalue weighted by atomic mass is 32.2. The van der Waals surface area contributed by atoms with E-state index >= 15 is 0 Å². The second-order valence-electron chi connectivity index (χ2n) is 6.18. The molecule has 0 amide bonds. The predicted molar refractivity (Wildman–Crippen MR) is 86.4 cm³/mol. The van der Waals surface area contributed by atoms with Gasteiger partial charge in [0.1, 0.15) is 0 Å². The molecule has 1 saturated carbocycles. The van der Waals surface area contributed by atoms with Gasteiger partial charge in [0.2, 0.25) is 10.0 Å². The van der Waals surface area contributed by atoms with Crippen molar-refractivity contribution in [2.75, 3.05) is 13.6 Å². The first-order chi connectivity index (χ1) is 9.99. The number of benzene rings is 1. The summed E-state index contributed by atoms with van der Waals surface area (Å²) < 4.78 is 27.2. The van der Waals surface area contributed by atoms with E-state index < -0.39 is 10.0 Å². The van der Waals surface area contributed by atoms with Gasteiger partial charge in [-0.3, -0.25) is 0 Å². The molecule has 1 aromatic carbocycles. The van der Waals surface area contributed by atoms with Gasteiger partial charge in [0.25, 0.3) is 0 Å². The smallest absolute Gasteiger partial charge is 0.215 e. The first-order valence-corrected chi connectivity index (χ1v) is 9.34. The highest BCUT2D eigenvalue weighted by molar-refractivity contribution is 7.88. The maximum absolute atomic E-state index is 12.2. The molecule has 4 nitrogen and oxygen atoms in total. The summed E-state index contributed by atoms with van der Waals surface area (Å²) in [5.74, 6) is 0.0623. The fraction of sp³-hybridized carbons (Fsp3) is 0.625. The Hall–Kier alpha value is -0.910. The predicted octanol–water partition coefficient (Wildman–Crippen LogP) is 2.41. The average molecular weight is 310 g/mol. The van der Waals surface area contributed by atoms with Crippen LogP contribution in [-0.4, -0.2) is 22.0 Å². The second-order valence-corrected chi connectivity index (χ2v) is 7.99. The van der Waals surface area contributed by atoms with Crippen LogP contribution in [0.4, 0.5) is 0 Å². The van der Waals surface area contributed by atoms with Gasteiger partial charge < -0.3 is 5.32 Å². The van der Waals surface area contributed by atoms with Crippen molar-refractivity contribution in [3.63, 3.8) is 0 Å². The highest BCUT2D eigenvalue weighted by Gasteiger charge is 2.41. The Morgan fingerprint density at radius 1 is 1.24 bits per heavy atom. The van der Waals surface area contributed by atoms with Gasteiger partial charge in [-0.05, 0) is 42.9 Å². The van der Waals surface area contributed by atoms with Gasteiger partial charge in [0.15, 0.2) is 0 Å². The van der Waals surface area contributed by atoms with Crippen LogP contribution >= 0.6 is 0 Å². The Morgan fingerprint density at radius 3 is 2.57 bits per heavy atom. The summed E-state index contributed by atoms with van der Waals surface area (Å²) in [7, 11) is -1.37. The lowest BCUT2D eigenvalue weighted by atomic mass is 10.0. The summed E-state index contributed by atoms with van der Waals surface area (Å²) in [6.45, 7) is 3.50. The molecule has 5 heteroatoms. The van der Waals surface area contributed by atoms with Crippen molar-refractivity contribution in [3.8, 4) is 0 Å². The van der Waals surface area contributed by atoms with Gasteiger partial charge in [-0.25, -0.2) is 13.1 Å². The third kappa shape index (κ3) is 5.09. The van der Waals surface area contributed by atoms with E-state index in [0.29, 0.717) is 6.54 Å². The zero-order chi connectivity index (χ0) is 15.3. The van der Waals surface area contributed by atoms with Crippen molar-refractivity contribution in [1.29, 1.82) is 0 Å². The number of sulfonamides is 1. The molecule has 0 aromatic heterocycles. The second kappa shape index (κ2) is 6.90. The van der Waals surface area contributed by atoms with Crippen LogP contribution in [0, 0.1) is 5.41 Å². The van der Waals surface area contributed by atoms with E-state index in [1.807, 2.05) is 31.3 Å². The van der Waals surface area contributed by atoms with Gasteiger partial charge in [-0.15, -0.1) is 0 Å². The molecule has 118 valence electrons. The highest BCUT2D eigenvalue weighted by Crippen LogP contribution is 2.49. The lowest BCUT2D eigenvalue weighted by Crippen LogP contribution is -2.31. The lowest BCUT2D eigenvalue weighted by Gasteiger charge is -2.15. The lowest BCUT2D eigenvalue weighted by molar-refractivity contribution is 0.449. The molecule has 0 atom stereocenters. The van der Waals surface area contributed by atoms with Crippen LogP contribution in [0.3, 0.4) is 0 Å². The van der Waals surface area contributed by atoms with Crippen molar-refractivity contribution >= 4 is 10.0 Å². The van der Waals surface area contributed by atoms with Gasteiger partial charge >= 0.3 is 0 Å². The van der Waals surface area contributed by atoms with Gasteiger partial charge in [-0.2, -0.15) is 0 Å². The number of nitrogens with one attached hydrogen (secondary N) is 2. The van der Waals surface area contributed by atoms with E-state index in [9.17, 15) is 8.42 Å². The third-order valence-electron chi connectivity index (χ3n) is 4.13. The average Bonchev–Trinajstić information content (AvgIpc) is 3.18. The first-order valence-electron chi connectivity index (χ1n) is 7.68. The number of rotatable bonds is 9. The van der Waals surface area contributed by atoms with E-state index in [1.54, 1.807) is 0 Å². The molecule has 0 aliphatic heterocycles. The molecule has 0 saturated heterocycles. The zero-order valence-electron chi connectivity index (χ0n) is 13.0. The summed E-state index contributed by atoms with van der Waals surface area (Å²) in [6, 6.07) is 7.74. The SMILES string of the molecule is CCCC1(CNS(=O)(=O)Cc2cccc(CNC)c2)CC1. The Labute approximate surface area is 128 Å². The van der Waals surface area contributed by atoms with Gasteiger partial charge in [-0.1, -0.05) is 37.6 Å². The number of hydrogen-bond donors (Lipinski definition) is 2. The molecule has 0 radical (unpaired) electrons. The molecule has 2 rings (SSSR count). The number of hydrogen-bond acceptors (Lipinski definition) is 3. The maximum Gasteiger partial charge on any atom is 0.215 e. The minimum Gasteiger partial charge on any atom is -0.316 e. The molecule has 1 fully saturated rings. The molecule has 0 heterocycles. The Bertz CT molecular complexity index is 565. The summed E-state index contributed by atoms with van der Waals surface area (Å²) in [6.07, 6.45) is 4.54. The van der Waals surface area contributed by atoms with E-state index in [4.69, 9.17) is 0 Å². The van der Waals surface area contributed by atoms with E-state index in [-0.39, 0.29) is 11.2 Å². The minimum absolute atomic E-state index is 0.0623. The topological polar surface area (TPSA) is 58.2 Å². The molecule has 0 spiro atoms. The normalized spacial score (nSPS) is 16.9. The zero-order valence-corrected chi connectivity index (χ0v) is 13.8. The summed E-state index contributed by atoms with van der Waals surface area (Å²) in [4.78, 5) is 0. The molecule has 0 unspecified atom stereocenters. The van der Waals surface area contributed by atoms with Crippen LogP contribution in [0.15, 0.2) is 24.3 Å². The molecule has 21 heavy (non-hydrogen) atoms. The van der Waals surface area contributed by atoms with E-state index in [2.05, 4.69) is 17.0 Å². The molecule has 1 aromatic rings. The summed E-state index contributed by atoms with van der Waals surface area (Å²) in [5.41, 5.74) is 2.20. The van der Waals surface area contributed by atoms with Gasteiger partial charge in [0.05, 0.1) is 5.75 Å². The van der Waals surface area contributed by atoms with Crippen molar-refractivity contribution in [2.45, 2.75) is 44.9 Å². The Kier molecular flexibility index (Phi) is 5.41. The van der Waals surface area contributed by atoms with Crippen molar-refractivity contribution in [3.05, 3.63) is 35.4 Å². The molecule has 1 aliphatic carbocycles. The minimum atomic E-state index is -3.25. The summed E-state index contributed by atoms with van der Waals surface area (Å²) >= 11 is 0. The van der Waals surface area contributed by atoms with Crippen molar-refractivity contribution in [1.82, 2.24) is 10.0 Å². The Morgan fingerprint density at radius 2 is 1.95 bits per heavy atom. The fourth-order valence-electron chi connectivity index (χ4n) is 2.79. The Balaban J connectivity index is 1.93. The first kappa shape index (κ1) is 16.5. The quantitative estimate of drug-likeness (QED) is 0.736. The van der Waals surface area contributed by atoms with Gasteiger partial charge in [0, 0.05) is 13.1 Å². The van der Waals surface area contributed by atoms with Crippen molar-refractivity contribution < 1.29 is 8.42 Å². The third-order valence-corrected chi connectivity index (χ3v) is 5.43. The molecule has 2 N–H and O–H groups in total.